The van der Waals surface area contributed by atoms with E-state index in [1.165, 1.54) is 16.2 Å². The quantitative estimate of drug-likeness (QED) is 0.863. The SMILES string of the molecule is CN(Cc1ccc(Cl)s1)c1nnc(Br)s1. The van der Waals surface area contributed by atoms with E-state index >= 15 is 0 Å². The van der Waals surface area contributed by atoms with Gasteiger partial charge in [0.05, 0.1) is 10.9 Å². The summed E-state index contributed by atoms with van der Waals surface area (Å²) in [5.41, 5.74) is 0. The molecule has 0 spiro atoms. The number of hydrogen-bond acceptors (Lipinski definition) is 5. The van der Waals surface area contributed by atoms with Crippen LogP contribution in [0.15, 0.2) is 16.0 Å². The van der Waals surface area contributed by atoms with Gasteiger partial charge < -0.3 is 4.90 Å². The van der Waals surface area contributed by atoms with Crippen molar-refractivity contribution in [3.8, 4) is 0 Å². The van der Waals surface area contributed by atoms with Crippen molar-refractivity contribution in [2.24, 2.45) is 0 Å². The number of rotatable bonds is 3. The van der Waals surface area contributed by atoms with Crippen molar-refractivity contribution >= 4 is 55.3 Å². The average Bonchev–Trinajstić information content (AvgIpc) is 2.75. The lowest BCUT2D eigenvalue weighted by atomic mass is 10.4. The van der Waals surface area contributed by atoms with Gasteiger partial charge in [-0.2, -0.15) is 0 Å². The summed E-state index contributed by atoms with van der Waals surface area (Å²) in [6, 6.07) is 3.94. The van der Waals surface area contributed by atoms with Gasteiger partial charge in [-0.15, -0.1) is 21.5 Å². The van der Waals surface area contributed by atoms with E-state index in [9.17, 15) is 0 Å². The van der Waals surface area contributed by atoms with Gasteiger partial charge in [-0.05, 0) is 28.1 Å². The Hall–Kier alpha value is -0.170. The van der Waals surface area contributed by atoms with Gasteiger partial charge in [0, 0.05) is 11.9 Å². The summed E-state index contributed by atoms with van der Waals surface area (Å²) >= 11 is 12.3. The largest absolute Gasteiger partial charge is 0.345 e. The number of nitrogens with zero attached hydrogens (tertiary/aromatic N) is 3. The molecule has 0 aliphatic heterocycles. The van der Waals surface area contributed by atoms with Gasteiger partial charge in [0.25, 0.3) is 0 Å². The summed E-state index contributed by atoms with van der Waals surface area (Å²) in [5.74, 6) is 0. The fraction of sp³-hybridized carbons (Fsp3) is 0.250. The molecule has 2 rings (SSSR count). The van der Waals surface area contributed by atoms with E-state index in [1.807, 2.05) is 24.1 Å². The fourth-order valence-electron chi connectivity index (χ4n) is 1.09. The molecule has 0 fully saturated rings. The molecule has 3 nitrogen and oxygen atoms in total. The minimum absolute atomic E-state index is 0.800. The van der Waals surface area contributed by atoms with Crippen LogP contribution in [0.3, 0.4) is 0 Å². The van der Waals surface area contributed by atoms with E-state index in [1.54, 1.807) is 11.3 Å². The normalized spacial score (nSPS) is 10.6. The van der Waals surface area contributed by atoms with Crippen molar-refractivity contribution in [2.75, 3.05) is 11.9 Å². The Morgan fingerprint density at radius 1 is 1.40 bits per heavy atom. The molecule has 2 aromatic rings. The van der Waals surface area contributed by atoms with Crippen molar-refractivity contribution in [1.29, 1.82) is 0 Å². The number of anilines is 1. The van der Waals surface area contributed by atoms with Crippen LogP contribution in [0.25, 0.3) is 0 Å². The highest BCUT2D eigenvalue weighted by atomic mass is 79.9. The van der Waals surface area contributed by atoms with Gasteiger partial charge in [0.2, 0.25) is 5.13 Å². The first-order valence-corrected chi connectivity index (χ1v) is 6.90. The summed E-state index contributed by atoms with van der Waals surface area (Å²) in [6.45, 7) is 0.805. The molecule has 0 aliphatic rings. The molecule has 0 aromatic carbocycles. The standard InChI is InChI=1S/C8H7BrClN3S2/c1-13(8-12-11-7(9)15-8)4-5-2-3-6(10)14-5/h2-3H,4H2,1H3. The number of thiophene rings is 1. The molecule has 0 N–H and O–H groups in total. The van der Waals surface area contributed by atoms with Crippen molar-refractivity contribution in [2.45, 2.75) is 6.54 Å². The number of hydrogen-bond donors (Lipinski definition) is 0. The van der Waals surface area contributed by atoms with E-state index in [4.69, 9.17) is 11.6 Å². The molecular formula is C8H7BrClN3S2. The monoisotopic (exact) mass is 323 g/mol. The molecular weight excluding hydrogens is 318 g/mol. The summed E-state index contributed by atoms with van der Waals surface area (Å²) < 4.78 is 1.62. The molecule has 0 atom stereocenters. The van der Waals surface area contributed by atoms with Crippen LogP contribution >= 0.6 is 50.2 Å². The minimum atomic E-state index is 0.800. The highest BCUT2D eigenvalue weighted by molar-refractivity contribution is 9.11. The van der Waals surface area contributed by atoms with Crippen molar-refractivity contribution in [1.82, 2.24) is 10.2 Å². The molecule has 0 unspecified atom stereocenters. The first-order chi connectivity index (χ1) is 7.15. The summed E-state index contributed by atoms with van der Waals surface area (Å²) in [4.78, 5) is 3.26. The zero-order chi connectivity index (χ0) is 10.8. The molecule has 0 bridgehead atoms. The molecule has 7 heteroatoms. The molecule has 0 amide bonds. The zero-order valence-electron chi connectivity index (χ0n) is 7.78. The summed E-state index contributed by atoms with van der Waals surface area (Å²) in [6.07, 6.45) is 0. The van der Waals surface area contributed by atoms with E-state index in [2.05, 4.69) is 26.1 Å². The lowest BCUT2D eigenvalue weighted by molar-refractivity contribution is 0.904. The first-order valence-electron chi connectivity index (χ1n) is 4.09. The molecule has 2 aromatic heterocycles. The molecule has 80 valence electrons. The van der Waals surface area contributed by atoms with Crippen molar-refractivity contribution in [3.05, 3.63) is 25.3 Å². The topological polar surface area (TPSA) is 29.0 Å². The van der Waals surface area contributed by atoms with Crippen LogP contribution < -0.4 is 4.90 Å². The second-order valence-electron chi connectivity index (χ2n) is 2.90. The molecule has 2 heterocycles. The highest BCUT2D eigenvalue weighted by Gasteiger charge is 2.08. The van der Waals surface area contributed by atoms with Crippen LogP contribution in [0.1, 0.15) is 4.88 Å². The predicted molar refractivity (Wildman–Crippen MR) is 69.0 cm³/mol. The molecule has 0 aliphatic carbocycles. The van der Waals surface area contributed by atoms with E-state index in [0.717, 1.165) is 19.9 Å². The maximum absolute atomic E-state index is 5.86. The van der Waals surface area contributed by atoms with Gasteiger partial charge in [0.15, 0.2) is 3.92 Å². The molecule has 15 heavy (non-hydrogen) atoms. The van der Waals surface area contributed by atoms with E-state index < -0.39 is 0 Å². The lowest BCUT2D eigenvalue weighted by Gasteiger charge is -2.12. The van der Waals surface area contributed by atoms with Crippen molar-refractivity contribution in [3.63, 3.8) is 0 Å². The van der Waals surface area contributed by atoms with E-state index in [0.29, 0.717) is 0 Å². The first kappa shape index (κ1) is 11.3. The second-order valence-corrected chi connectivity index (χ2v) is 6.93. The van der Waals surface area contributed by atoms with Crippen LogP contribution in [-0.4, -0.2) is 17.2 Å². The highest BCUT2D eigenvalue weighted by Crippen LogP contribution is 2.27. The van der Waals surface area contributed by atoms with Crippen LogP contribution in [-0.2, 0) is 6.54 Å². The van der Waals surface area contributed by atoms with Crippen LogP contribution in [0.4, 0.5) is 5.13 Å². The fourth-order valence-corrected chi connectivity index (χ4v) is 3.28. The van der Waals surface area contributed by atoms with Gasteiger partial charge in [-0.25, -0.2) is 0 Å². The van der Waals surface area contributed by atoms with Gasteiger partial charge >= 0.3 is 0 Å². The average molecular weight is 325 g/mol. The third-order valence-electron chi connectivity index (χ3n) is 1.74. The maximum atomic E-state index is 5.86. The zero-order valence-corrected chi connectivity index (χ0v) is 11.8. The Kier molecular flexibility index (Phi) is 3.60. The van der Waals surface area contributed by atoms with Gasteiger partial charge in [-0.3, -0.25) is 0 Å². The van der Waals surface area contributed by atoms with Crippen LogP contribution in [0.2, 0.25) is 4.34 Å². The molecule has 0 saturated heterocycles. The van der Waals surface area contributed by atoms with Crippen molar-refractivity contribution < 1.29 is 0 Å². The third-order valence-corrected chi connectivity index (χ3v) is 4.42. The van der Waals surface area contributed by atoms with E-state index in [-0.39, 0.29) is 0 Å². The van der Waals surface area contributed by atoms with Gasteiger partial charge in [-0.1, -0.05) is 22.9 Å². The predicted octanol–water partition coefficient (Wildman–Crippen LogP) is 3.65. The Bertz CT molecular complexity index is 456. The molecule has 0 radical (unpaired) electrons. The summed E-state index contributed by atoms with van der Waals surface area (Å²) in [7, 11) is 1.99. The van der Waals surface area contributed by atoms with Crippen LogP contribution in [0, 0.1) is 0 Å². The molecule has 0 saturated carbocycles. The van der Waals surface area contributed by atoms with Gasteiger partial charge in [0.1, 0.15) is 0 Å². The second kappa shape index (κ2) is 4.78. The third kappa shape index (κ3) is 2.90. The smallest absolute Gasteiger partial charge is 0.209 e. The Balaban J connectivity index is 2.06. The minimum Gasteiger partial charge on any atom is -0.345 e. The number of aromatic nitrogens is 2. The van der Waals surface area contributed by atoms with Crippen LogP contribution in [0.5, 0.6) is 0 Å². The summed E-state index contributed by atoms with van der Waals surface area (Å²) in [5, 5.41) is 8.84. The Morgan fingerprint density at radius 3 is 2.73 bits per heavy atom. The Labute approximate surface area is 109 Å². The maximum Gasteiger partial charge on any atom is 0.209 e. The lowest BCUT2D eigenvalue weighted by Crippen LogP contribution is -2.15. The number of halogens is 2. The Morgan fingerprint density at radius 2 is 2.20 bits per heavy atom.